The molecule has 0 bridgehead atoms. The number of aromatic nitrogens is 2. The highest BCUT2D eigenvalue weighted by Gasteiger charge is 2.26. The average molecular weight is 684 g/mol. The topological polar surface area (TPSA) is 141 Å². The number of halogens is 2. The maximum absolute atomic E-state index is 14.0. The normalized spacial score (nSPS) is 12.9. The molecule has 2 heterocycles. The Hall–Kier alpha value is -4.85. The first-order chi connectivity index (χ1) is 22.6. The fourth-order valence-electron chi connectivity index (χ4n) is 4.86. The summed E-state index contributed by atoms with van der Waals surface area (Å²) in [6.45, 7) is 11.9. The van der Waals surface area contributed by atoms with Crippen molar-refractivity contribution >= 4 is 69.7 Å². The SMILES string of the molecule is C=CC(=O)Nc1cccc(C)c1Nc1cc(N(CCN2CCN(C(=O)C=C)CC2)C(=O)Nc2c(Cl)c(OC)cc(OC)c2Cl)ncn1. The van der Waals surface area contributed by atoms with Crippen LogP contribution in [0.4, 0.5) is 33.5 Å². The summed E-state index contributed by atoms with van der Waals surface area (Å²) in [5, 5.41) is 9.01. The van der Waals surface area contributed by atoms with E-state index in [1.165, 1.54) is 43.7 Å². The van der Waals surface area contributed by atoms with Gasteiger partial charge in [0.05, 0.1) is 31.3 Å². The van der Waals surface area contributed by atoms with Gasteiger partial charge in [0.15, 0.2) is 0 Å². The highest BCUT2D eigenvalue weighted by Crippen LogP contribution is 2.44. The second kappa shape index (κ2) is 16.1. The van der Waals surface area contributed by atoms with E-state index < -0.39 is 6.03 Å². The van der Waals surface area contributed by atoms with E-state index in [1.807, 2.05) is 19.1 Å². The van der Waals surface area contributed by atoms with E-state index in [0.717, 1.165) is 5.56 Å². The van der Waals surface area contributed by atoms with E-state index in [9.17, 15) is 14.4 Å². The van der Waals surface area contributed by atoms with Gasteiger partial charge in [-0.2, -0.15) is 0 Å². The second-order valence-electron chi connectivity index (χ2n) is 10.3. The molecule has 47 heavy (non-hydrogen) atoms. The van der Waals surface area contributed by atoms with Gasteiger partial charge in [0.1, 0.15) is 39.5 Å². The molecule has 0 radical (unpaired) electrons. The third-order valence-corrected chi connectivity index (χ3v) is 8.20. The average Bonchev–Trinajstić information content (AvgIpc) is 3.08. The van der Waals surface area contributed by atoms with Crippen LogP contribution in [0.5, 0.6) is 11.5 Å². The number of hydrogen-bond donors (Lipinski definition) is 3. The highest BCUT2D eigenvalue weighted by molar-refractivity contribution is 6.41. The van der Waals surface area contributed by atoms with Crippen molar-refractivity contribution in [3.63, 3.8) is 0 Å². The molecule has 1 fully saturated rings. The minimum absolute atomic E-state index is 0.0910. The van der Waals surface area contributed by atoms with Crippen molar-refractivity contribution in [1.82, 2.24) is 19.8 Å². The lowest BCUT2D eigenvalue weighted by atomic mass is 10.1. The number of nitrogens with one attached hydrogen (secondary N) is 3. The number of amides is 4. The molecule has 2 aromatic carbocycles. The molecular formula is C32H36Cl2N8O5. The number of hydrogen-bond acceptors (Lipinski definition) is 9. The predicted molar refractivity (Wildman–Crippen MR) is 184 cm³/mol. The second-order valence-corrected chi connectivity index (χ2v) is 11.1. The van der Waals surface area contributed by atoms with Crippen LogP contribution < -0.4 is 30.3 Å². The van der Waals surface area contributed by atoms with E-state index in [0.29, 0.717) is 49.9 Å². The number of methoxy groups -OCH3 is 2. The van der Waals surface area contributed by atoms with E-state index in [1.54, 1.807) is 17.0 Å². The van der Waals surface area contributed by atoms with Gasteiger partial charge in [0, 0.05) is 51.4 Å². The van der Waals surface area contributed by atoms with E-state index in [-0.39, 0.29) is 51.4 Å². The molecule has 13 nitrogen and oxygen atoms in total. The standard InChI is InChI=1S/C32H36Cl2N8O5/c1-6-26(43)37-21-10-8-9-20(3)30(21)38-24-18-25(36-19-35-24)42(16-13-40-11-14-41(15-12-40)27(44)7-2)32(45)39-31-28(33)22(46-4)17-23(47-5)29(31)34/h6-10,17-19H,1-2,11-16H2,3-5H3,(H,37,43)(H,39,45)(H,35,36,38). The summed E-state index contributed by atoms with van der Waals surface area (Å²) in [4.78, 5) is 52.2. The lowest BCUT2D eigenvalue weighted by molar-refractivity contribution is -0.127. The zero-order valence-electron chi connectivity index (χ0n) is 26.3. The molecule has 0 spiro atoms. The van der Waals surface area contributed by atoms with Crippen molar-refractivity contribution in [1.29, 1.82) is 0 Å². The largest absolute Gasteiger partial charge is 0.495 e. The molecule has 0 aliphatic carbocycles. The number of carbonyl (C=O) groups excluding carboxylic acids is 3. The van der Waals surface area contributed by atoms with Gasteiger partial charge in [-0.05, 0) is 30.7 Å². The first-order valence-corrected chi connectivity index (χ1v) is 15.3. The quantitative estimate of drug-likeness (QED) is 0.216. The molecule has 15 heteroatoms. The molecule has 4 amide bonds. The summed E-state index contributed by atoms with van der Waals surface area (Å²) in [5.74, 6) is 0.668. The molecule has 0 atom stereocenters. The van der Waals surface area contributed by atoms with Gasteiger partial charge in [0.25, 0.3) is 0 Å². The number of rotatable bonds is 12. The summed E-state index contributed by atoms with van der Waals surface area (Å²) >= 11 is 13.1. The number of ether oxygens (including phenoxy) is 2. The molecule has 1 saturated heterocycles. The Morgan fingerprint density at radius 3 is 2.26 bits per heavy atom. The number of benzene rings is 2. The Morgan fingerprint density at radius 1 is 0.957 bits per heavy atom. The number of carbonyl (C=O) groups is 3. The Morgan fingerprint density at radius 2 is 1.64 bits per heavy atom. The summed E-state index contributed by atoms with van der Waals surface area (Å²) in [5.41, 5.74) is 2.07. The van der Waals surface area contributed by atoms with Crippen LogP contribution in [0.25, 0.3) is 0 Å². The Balaban J connectivity index is 1.64. The number of aryl methyl sites for hydroxylation is 1. The molecule has 4 rings (SSSR count). The third-order valence-electron chi connectivity index (χ3n) is 7.45. The first-order valence-electron chi connectivity index (χ1n) is 14.5. The highest BCUT2D eigenvalue weighted by atomic mass is 35.5. The smallest absolute Gasteiger partial charge is 0.327 e. The molecule has 1 aromatic heterocycles. The lowest BCUT2D eigenvalue weighted by Crippen LogP contribution is -2.50. The fourth-order valence-corrected chi connectivity index (χ4v) is 5.46. The molecule has 1 aliphatic rings. The van der Waals surface area contributed by atoms with Crippen LogP contribution in [-0.2, 0) is 9.59 Å². The van der Waals surface area contributed by atoms with Crippen LogP contribution >= 0.6 is 23.2 Å². The molecule has 0 saturated carbocycles. The maximum Gasteiger partial charge on any atom is 0.327 e. The van der Waals surface area contributed by atoms with Crippen LogP contribution in [0, 0.1) is 6.92 Å². The van der Waals surface area contributed by atoms with Crippen molar-refractivity contribution in [2.45, 2.75) is 6.92 Å². The number of anilines is 5. The zero-order valence-corrected chi connectivity index (χ0v) is 27.8. The van der Waals surface area contributed by atoms with Crippen LogP contribution in [0.15, 0.2) is 62.0 Å². The molecule has 0 unspecified atom stereocenters. The van der Waals surface area contributed by atoms with Gasteiger partial charge in [-0.1, -0.05) is 48.5 Å². The Kier molecular flexibility index (Phi) is 12.0. The van der Waals surface area contributed by atoms with Crippen molar-refractivity contribution in [3.8, 4) is 11.5 Å². The Labute approximate surface area is 283 Å². The minimum Gasteiger partial charge on any atom is -0.495 e. The van der Waals surface area contributed by atoms with Crippen molar-refractivity contribution in [2.24, 2.45) is 0 Å². The van der Waals surface area contributed by atoms with Gasteiger partial charge < -0.3 is 30.3 Å². The van der Waals surface area contributed by atoms with Gasteiger partial charge in [0.2, 0.25) is 11.8 Å². The number of para-hydroxylation sites is 1. The van der Waals surface area contributed by atoms with Gasteiger partial charge in [-0.3, -0.25) is 19.4 Å². The third kappa shape index (κ3) is 8.50. The van der Waals surface area contributed by atoms with Gasteiger partial charge in [-0.25, -0.2) is 14.8 Å². The summed E-state index contributed by atoms with van der Waals surface area (Å²) in [6, 6.07) is 8.00. The first kappa shape index (κ1) is 35.0. The predicted octanol–water partition coefficient (Wildman–Crippen LogP) is 5.35. The molecule has 3 aromatic rings. The molecule has 1 aliphatic heterocycles. The van der Waals surface area contributed by atoms with Crippen LogP contribution in [0.3, 0.4) is 0 Å². The molecular weight excluding hydrogens is 647 g/mol. The van der Waals surface area contributed by atoms with Gasteiger partial charge in [-0.15, -0.1) is 0 Å². The van der Waals surface area contributed by atoms with E-state index in [4.69, 9.17) is 32.7 Å². The summed E-state index contributed by atoms with van der Waals surface area (Å²) in [6.07, 6.45) is 3.81. The fraction of sp³-hybridized carbons (Fsp3) is 0.281. The molecule has 3 N–H and O–H groups in total. The van der Waals surface area contributed by atoms with E-state index in [2.05, 4.69) is 44.0 Å². The number of urea groups is 1. The van der Waals surface area contributed by atoms with Crippen molar-refractivity contribution < 1.29 is 23.9 Å². The lowest BCUT2D eigenvalue weighted by Gasteiger charge is -2.35. The summed E-state index contributed by atoms with van der Waals surface area (Å²) < 4.78 is 10.7. The van der Waals surface area contributed by atoms with Crippen LogP contribution in [-0.4, -0.2) is 91.1 Å². The Bertz CT molecular complexity index is 1630. The van der Waals surface area contributed by atoms with Gasteiger partial charge >= 0.3 is 6.03 Å². The molecule has 248 valence electrons. The number of nitrogens with zero attached hydrogens (tertiary/aromatic N) is 5. The zero-order chi connectivity index (χ0) is 34.1. The van der Waals surface area contributed by atoms with Crippen LogP contribution in [0.2, 0.25) is 10.0 Å². The van der Waals surface area contributed by atoms with Crippen molar-refractivity contribution in [3.05, 3.63) is 77.6 Å². The maximum atomic E-state index is 14.0. The van der Waals surface area contributed by atoms with Crippen LogP contribution in [0.1, 0.15) is 5.56 Å². The number of piperazine rings is 1. The van der Waals surface area contributed by atoms with E-state index >= 15 is 0 Å². The van der Waals surface area contributed by atoms with Crippen molar-refractivity contribution in [2.75, 3.05) is 74.3 Å². The minimum atomic E-state index is -0.580. The monoisotopic (exact) mass is 682 g/mol. The summed E-state index contributed by atoms with van der Waals surface area (Å²) in [7, 11) is 2.87.